The summed E-state index contributed by atoms with van der Waals surface area (Å²) in [6.07, 6.45) is 1.23. The number of nitrogens with one attached hydrogen (secondary N) is 1. The van der Waals surface area contributed by atoms with Crippen molar-refractivity contribution in [1.82, 2.24) is 20.2 Å². The molecule has 0 saturated heterocycles. The molecule has 0 aliphatic heterocycles. The molecule has 2 heterocycles. The number of aromatic nitrogens is 4. The average Bonchev–Trinajstić information content (AvgIpc) is 2.76. The number of hydrogen-bond acceptors (Lipinski definition) is 7. The first kappa shape index (κ1) is 10.1. The molecule has 2 aromatic rings. The molecule has 0 radical (unpaired) electrons. The molecule has 0 bridgehead atoms. The van der Waals surface area contributed by atoms with Crippen LogP contribution < -0.4 is 0 Å². The third-order valence-electron chi connectivity index (χ3n) is 1.41. The van der Waals surface area contributed by atoms with Gasteiger partial charge in [-0.3, -0.25) is 15.2 Å². The topological polar surface area (TPSA) is 97.6 Å². The fraction of sp³-hybridized carbons (Fsp3) is 0.167. The average molecular weight is 243 g/mol. The van der Waals surface area contributed by atoms with Crippen molar-refractivity contribution in [2.45, 2.75) is 16.4 Å². The summed E-state index contributed by atoms with van der Waals surface area (Å²) >= 11 is 2.20. The lowest BCUT2D eigenvalue weighted by atomic mass is 10.8. The van der Waals surface area contributed by atoms with Gasteiger partial charge in [-0.05, 0) is 30.0 Å². The minimum absolute atomic E-state index is 0.0183. The molecule has 0 amide bonds. The summed E-state index contributed by atoms with van der Waals surface area (Å²) in [5.41, 5.74) is 0. The van der Waals surface area contributed by atoms with Crippen LogP contribution in [0.2, 0.25) is 0 Å². The molecular weight excluding hydrogens is 238 g/mol. The van der Waals surface area contributed by atoms with E-state index in [0.29, 0.717) is 15.3 Å². The van der Waals surface area contributed by atoms with Gasteiger partial charge < -0.3 is 0 Å². The van der Waals surface area contributed by atoms with Crippen molar-refractivity contribution in [1.29, 1.82) is 0 Å². The fourth-order valence-electron chi connectivity index (χ4n) is 0.828. The highest BCUT2D eigenvalue weighted by atomic mass is 32.2. The number of aromatic amines is 1. The number of thiazole rings is 1. The zero-order valence-corrected chi connectivity index (χ0v) is 9.13. The van der Waals surface area contributed by atoms with E-state index in [1.165, 1.54) is 18.0 Å². The minimum atomic E-state index is -0.467. The maximum absolute atomic E-state index is 10.4. The SMILES string of the molecule is Cc1nc(Sc2ncc([N+](=O)[O-])s2)n[nH]1. The van der Waals surface area contributed by atoms with Crippen LogP contribution in [0.3, 0.4) is 0 Å². The summed E-state index contributed by atoms with van der Waals surface area (Å²) in [7, 11) is 0. The molecule has 0 atom stereocenters. The van der Waals surface area contributed by atoms with Crippen molar-refractivity contribution in [3.63, 3.8) is 0 Å². The van der Waals surface area contributed by atoms with Crippen molar-refractivity contribution >= 4 is 28.1 Å². The standard InChI is InChI=1S/C6H5N5O2S2/c1-3-8-5(10-9-3)15-6-7-2-4(14-6)11(12)13/h2H,1H3,(H,8,9,10). The molecule has 0 spiro atoms. The van der Waals surface area contributed by atoms with E-state index in [2.05, 4.69) is 20.2 Å². The van der Waals surface area contributed by atoms with Gasteiger partial charge in [0.25, 0.3) is 0 Å². The first-order valence-corrected chi connectivity index (χ1v) is 5.45. The van der Waals surface area contributed by atoms with Gasteiger partial charge in [-0.25, -0.2) is 9.97 Å². The second-order valence-electron chi connectivity index (χ2n) is 2.53. The maximum atomic E-state index is 10.4. The van der Waals surface area contributed by atoms with Crippen LogP contribution in [0.5, 0.6) is 0 Å². The van der Waals surface area contributed by atoms with Crippen LogP contribution in [0, 0.1) is 17.0 Å². The van der Waals surface area contributed by atoms with Crippen LogP contribution in [0.4, 0.5) is 5.00 Å². The Bertz CT molecular complexity index is 493. The number of nitrogens with zero attached hydrogens (tertiary/aromatic N) is 4. The Hall–Kier alpha value is -1.48. The lowest BCUT2D eigenvalue weighted by Gasteiger charge is -1.85. The molecule has 0 aliphatic rings. The lowest BCUT2D eigenvalue weighted by molar-refractivity contribution is -0.380. The molecule has 0 fully saturated rings. The largest absolute Gasteiger partial charge is 0.344 e. The molecule has 15 heavy (non-hydrogen) atoms. The number of nitro groups is 1. The minimum Gasteiger partial charge on any atom is -0.262 e. The van der Waals surface area contributed by atoms with Crippen LogP contribution in [0.15, 0.2) is 15.7 Å². The summed E-state index contributed by atoms with van der Waals surface area (Å²) in [4.78, 5) is 17.9. The molecule has 0 unspecified atom stereocenters. The second kappa shape index (κ2) is 3.95. The highest BCUT2D eigenvalue weighted by molar-refractivity contribution is 8.00. The highest BCUT2D eigenvalue weighted by Crippen LogP contribution is 2.32. The molecule has 0 aromatic carbocycles. The number of H-pyrrole nitrogens is 1. The van der Waals surface area contributed by atoms with Gasteiger partial charge in [-0.15, -0.1) is 5.10 Å². The van der Waals surface area contributed by atoms with E-state index in [9.17, 15) is 10.1 Å². The third-order valence-corrected chi connectivity index (χ3v) is 3.30. The molecule has 0 aliphatic carbocycles. The Balaban J connectivity index is 2.14. The molecule has 1 N–H and O–H groups in total. The van der Waals surface area contributed by atoms with Crippen LogP contribution in [-0.2, 0) is 0 Å². The van der Waals surface area contributed by atoms with Crippen LogP contribution in [-0.4, -0.2) is 25.1 Å². The van der Waals surface area contributed by atoms with E-state index in [-0.39, 0.29) is 5.00 Å². The van der Waals surface area contributed by atoms with Crippen LogP contribution in [0.1, 0.15) is 5.82 Å². The Labute approximate surface area is 92.1 Å². The van der Waals surface area contributed by atoms with Gasteiger partial charge in [0, 0.05) is 0 Å². The molecule has 7 nitrogen and oxygen atoms in total. The van der Waals surface area contributed by atoms with E-state index >= 15 is 0 Å². The Morgan fingerprint density at radius 3 is 3.00 bits per heavy atom. The van der Waals surface area contributed by atoms with Crippen LogP contribution in [0.25, 0.3) is 0 Å². The Kier molecular flexibility index (Phi) is 2.64. The van der Waals surface area contributed by atoms with Crippen molar-refractivity contribution in [3.8, 4) is 0 Å². The number of aryl methyl sites for hydroxylation is 1. The summed E-state index contributed by atoms with van der Waals surface area (Å²) in [5.74, 6) is 0.698. The molecule has 78 valence electrons. The van der Waals surface area contributed by atoms with Crippen molar-refractivity contribution in [3.05, 3.63) is 22.1 Å². The second-order valence-corrected chi connectivity index (χ2v) is 4.75. The van der Waals surface area contributed by atoms with E-state index in [1.807, 2.05) is 0 Å². The van der Waals surface area contributed by atoms with Crippen molar-refractivity contribution in [2.24, 2.45) is 0 Å². The van der Waals surface area contributed by atoms with Crippen molar-refractivity contribution < 1.29 is 4.92 Å². The molecule has 9 heteroatoms. The maximum Gasteiger partial charge on any atom is 0.344 e. The van der Waals surface area contributed by atoms with Gasteiger partial charge in [0.15, 0.2) is 4.34 Å². The highest BCUT2D eigenvalue weighted by Gasteiger charge is 2.13. The normalized spacial score (nSPS) is 10.5. The van der Waals surface area contributed by atoms with E-state index < -0.39 is 4.92 Å². The van der Waals surface area contributed by atoms with Gasteiger partial charge in [-0.1, -0.05) is 0 Å². The third kappa shape index (κ3) is 2.30. The quantitative estimate of drug-likeness (QED) is 0.650. The number of rotatable bonds is 3. The van der Waals surface area contributed by atoms with Gasteiger partial charge in [-0.2, -0.15) is 0 Å². The molecule has 0 saturated carbocycles. The summed E-state index contributed by atoms with van der Waals surface area (Å²) in [6.45, 7) is 1.78. The van der Waals surface area contributed by atoms with E-state index in [0.717, 1.165) is 11.3 Å². The first-order valence-electron chi connectivity index (χ1n) is 3.82. The van der Waals surface area contributed by atoms with Gasteiger partial charge in [0.1, 0.15) is 12.0 Å². The molecule has 2 aromatic heterocycles. The zero-order chi connectivity index (χ0) is 10.8. The summed E-state index contributed by atoms with van der Waals surface area (Å²) in [6, 6.07) is 0. The summed E-state index contributed by atoms with van der Waals surface area (Å²) < 4.78 is 0.556. The van der Waals surface area contributed by atoms with Gasteiger partial charge in [0.2, 0.25) is 5.16 Å². The van der Waals surface area contributed by atoms with E-state index in [1.54, 1.807) is 6.92 Å². The smallest absolute Gasteiger partial charge is 0.262 e. The first-order chi connectivity index (χ1) is 7.15. The zero-order valence-electron chi connectivity index (χ0n) is 7.50. The number of hydrogen-bond donors (Lipinski definition) is 1. The van der Waals surface area contributed by atoms with E-state index in [4.69, 9.17) is 0 Å². The van der Waals surface area contributed by atoms with Crippen LogP contribution >= 0.6 is 23.1 Å². The molecule has 2 rings (SSSR count). The Morgan fingerprint density at radius 1 is 1.67 bits per heavy atom. The predicted molar refractivity (Wildman–Crippen MR) is 54.0 cm³/mol. The molecular formula is C6H5N5O2S2. The lowest BCUT2D eigenvalue weighted by Crippen LogP contribution is -1.80. The van der Waals surface area contributed by atoms with Gasteiger partial charge in [0.05, 0.1) is 4.92 Å². The summed E-state index contributed by atoms with van der Waals surface area (Å²) in [5, 5.41) is 17.5. The Morgan fingerprint density at radius 2 is 2.47 bits per heavy atom. The van der Waals surface area contributed by atoms with Crippen molar-refractivity contribution in [2.75, 3.05) is 0 Å². The predicted octanol–water partition coefficient (Wildman–Crippen LogP) is 1.63. The fourth-order valence-corrected chi connectivity index (χ4v) is 2.47. The van der Waals surface area contributed by atoms with Gasteiger partial charge >= 0.3 is 5.00 Å². The monoisotopic (exact) mass is 243 g/mol.